The molecule has 0 aliphatic carbocycles. The van der Waals surface area contributed by atoms with Crippen LogP contribution in [-0.4, -0.2) is 38.3 Å². The summed E-state index contributed by atoms with van der Waals surface area (Å²) in [5, 5.41) is 2.79. The normalized spacial score (nSPS) is 12.5. The fraction of sp³-hybridized carbons (Fsp3) is 0.300. The molecule has 0 aliphatic heterocycles. The van der Waals surface area contributed by atoms with E-state index in [1.807, 2.05) is 13.0 Å². The molecule has 3 rings (SSSR count). The van der Waals surface area contributed by atoms with Gasteiger partial charge in [0, 0.05) is 19.3 Å². The minimum Gasteiger partial charge on any atom is -0.481 e. The Morgan fingerprint density at radius 2 is 1.90 bits per heavy atom. The monoisotopic (exact) mass is 449 g/mol. The lowest BCUT2D eigenvalue weighted by molar-refractivity contribution is -0.122. The first kappa shape index (κ1) is 21.8. The summed E-state index contributed by atoms with van der Waals surface area (Å²) in [6.07, 6.45) is 0.343. The van der Waals surface area contributed by atoms with Crippen LogP contribution in [0.15, 0.2) is 47.3 Å². The Kier molecular flexibility index (Phi) is 6.18. The van der Waals surface area contributed by atoms with E-state index in [4.69, 9.17) is 4.74 Å². The van der Waals surface area contributed by atoms with Crippen molar-refractivity contribution in [1.82, 2.24) is 4.57 Å². The van der Waals surface area contributed by atoms with Gasteiger partial charge in [-0.3, -0.25) is 18.5 Å². The van der Waals surface area contributed by atoms with Gasteiger partial charge >= 0.3 is 4.87 Å². The number of anilines is 2. The molecule has 3 aromatic rings. The van der Waals surface area contributed by atoms with E-state index in [1.54, 1.807) is 47.9 Å². The molecule has 10 heteroatoms. The molecule has 0 saturated carbocycles. The minimum atomic E-state index is -3.35. The molecule has 2 aromatic carbocycles. The van der Waals surface area contributed by atoms with Gasteiger partial charge in [-0.2, -0.15) is 0 Å². The molecule has 8 nitrogen and oxygen atoms in total. The predicted octanol–water partition coefficient (Wildman–Crippen LogP) is 2.88. The fourth-order valence-corrected chi connectivity index (χ4v) is 4.37. The Labute approximate surface area is 178 Å². The van der Waals surface area contributed by atoms with E-state index < -0.39 is 16.1 Å². The van der Waals surface area contributed by atoms with E-state index in [-0.39, 0.29) is 10.8 Å². The van der Waals surface area contributed by atoms with Crippen LogP contribution in [0.4, 0.5) is 11.4 Å². The number of benzene rings is 2. The maximum Gasteiger partial charge on any atom is 0.308 e. The molecule has 1 amide bonds. The molecule has 30 heavy (non-hydrogen) atoms. The van der Waals surface area contributed by atoms with E-state index in [0.29, 0.717) is 23.7 Å². The predicted molar refractivity (Wildman–Crippen MR) is 120 cm³/mol. The highest BCUT2D eigenvalue weighted by Crippen LogP contribution is 2.23. The molecule has 1 unspecified atom stereocenters. The van der Waals surface area contributed by atoms with Gasteiger partial charge < -0.3 is 10.1 Å². The highest BCUT2D eigenvalue weighted by Gasteiger charge is 2.17. The average Bonchev–Trinajstić information content (AvgIpc) is 3.01. The molecule has 1 heterocycles. The number of nitrogens with one attached hydrogen (secondary N) is 1. The first-order chi connectivity index (χ1) is 14.1. The van der Waals surface area contributed by atoms with Crippen molar-refractivity contribution < 1.29 is 17.9 Å². The van der Waals surface area contributed by atoms with Crippen LogP contribution < -0.4 is 19.2 Å². The van der Waals surface area contributed by atoms with Crippen LogP contribution in [0.2, 0.25) is 0 Å². The van der Waals surface area contributed by atoms with Gasteiger partial charge in [-0.25, -0.2) is 8.42 Å². The molecular formula is C20H23N3O5S2. The third-order valence-corrected chi connectivity index (χ3v) is 6.78. The Morgan fingerprint density at radius 1 is 1.23 bits per heavy atom. The first-order valence-corrected chi connectivity index (χ1v) is 11.9. The zero-order valence-corrected chi connectivity index (χ0v) is 18.7. The molecule has 160 valence electrons. The van der Waals surface area contributed by atoms with Gasteiger partial charge in [-0.1, -0.05) is 11.3 Å². The standard InChI is InChI=1S/C20H23N3O5S2/c1-5-23-17-11-6-14(12-18(17)29-20(23)25)21-19(24)13(2)28-16-9-7-15(8-10-16)22(3)30(4,26)27/h6-13H,5H2,1-4H3,(H,21,24). The molecular weight excluding hydrogens is 426 g/mol. The summed E-state index contributed by atoms with van der Waals surface area (Å²) in [6.45, 7) is 4.12. The number of hydrogen-bond acceptors (Lipinski definition) is 6. The number of amides is 1. The second-order valence-electron chi connectivity index (χ2n) is 6.77. The smallest absolute Gasteiger partial charge is 0.308 e. The van der Waals surface area contributed by atoms with Crippen molar-refractivity contribution in [3.63, 3.8) is 0 Å². The van der Waals surface area contributed by atoms with Gasteiger partial charge in [-0.05, 0) is 56.3 Å². The van der Waals surface area contributed by atoms with E-state index in [2.05, 4.69) is 5.32 Å². The molecule has 0 fully saturated rings. The number of sulfonamides is 1. The molecule has 0 aliphatic rings. The van der Waals surface area contributed by atoms with Gasteiger partial charge in [0.1, 0.15) is 5.75 Å². The summed E-state index contributed by atoms with van der Waals surface area (Å²) < 4.78 is 32.5. The number of carbonyl (C=O) groups is 1. The maximum absolute atomic E-state index is 12.5. The highest BCUT2D eigenvalue weighted by atomic mass is 32.2. The van der Waals surface area contributed by atoms with Gasteiger partial charge in [0.05, 0.1) is 22.2 Å². The van der Waals surface area contributed by atoms with Crippen LogP contribution in [-0.2, 0) is 21.4 Å². The van der Waals surface area contributed by atoms with Crippen molar-refractivity contribution in [1.29, 1.82) is 0 Å². The quantitative estimate of drug-likeness (QED) is 0.598. The largest absolute Gasteiger partial charge is 0.481 e. The lowest BCUT2D eigenvalue weighted by Crippen LogP contribution is -2.30. The lowest BCUT2D eigenvalue weighted by Gasteiger charge is -2.18. The lowest BCUT2D eigenvalue weighted by atomic mass is 10.2. The van der Waals surface area contributed by atoms with Gasteiger partial charge in [-0.15, -0.1) is 0 Å². The van der Waals surface area contributed by atoms with E-state index in [9.17, 15) is 18.0 Å². The van der Waals surface area contributed by atoms with E-state index in [1.165, 1.54) is 7.05 Å². The number of thiazole rings is 1. The van der Waals surface area contributed by atoms with Crippen LogP contribution >= 0.6 is 11.3 Å². The third kappa shape index (κ3) is 4.65. The Morgan fingerprint density at radius 3 is 2.50 bits per heavy atom. The number of nitrogens with zero attached hydrogens (tertiary/aromatic N) is 2. The van der Waals surface area contributed by atoms with E-state index in [0.717, 1.165) is 32.1 Å². The molecule has 1 N–H and O–H groups in total. The van der Waals surface area contributed by atoms with Gasteiger partial charge in [0.2, 0.25) is 10.0 Å². The number of fused-ring (bicyclic) bond motifs is 1. The average molecular weight is 450 g/mol. The number of aromatic nitrogens is 1. The fourth-order valence-electron chi connectivity index (χ4n) is 2.87. The Balaban J connectivity index is 1.67. The minimum absolute atomic E-state index is 0.0300. The summed E-state index contributed by atoms with van der Waals surface area (Å²) in [5.41, 5.74) is 1.92. The van der Waals surface area contributed by atoms with Crippen molar-refractivity contribution in [3.8, 4) is 5.75 Å². The Bertz CT molecular complexity index is 1230. The number of ether oxygens (including phenoxy) is 1. The zero-order chi connectivity index (χ0) is 22.1. The molecule has 0 saturated heterocycles. The molecule has 1 atom stereocenters. The van der Waals surface area contributed by atoms with Crippen LogP contribution in [0.1, 0.15) is 13.8 Å². The van der Waals surface area contributed by atoms with Crippen LogP contribution in [0, 0.1) is 0 Å². The number of carbonyl (C=O) groups excluding carboxylic acids is 1. The SMILES string of the molecule is CCn1c(=O)sc2cc(NC(=O)C(C)Oc3ccc(N(C)S(C)(=O)=O)cc3)ccc21. The molecule has 0 spiro atoms. The first-order valence-electron chi connectivity index (χ1n) is 9.25. The summed E-state index contributed by atoms with van der Waals surface area (Å²) in [7, 11) is -1.89. The number of rotatable bonds is 7. The summed E-state index contributed by atoms with van der Waals surface area (Å²) in [5.74, 6) is 0.103. The molecule has 0 bridgehead atoms. The van der Waals surface area contributed by atoms with Crippen molar-refractivity contribution >= 4 is 48.9 Å². The third-order valence-electron chi connectivity index (χ3n) is 4.63. The zero-order valence-electron chi connectivity index (χ0n) is 17.1. The number of aryl methyl sites for hydroxylation is 1. The van der Waals surface area contributed by atoms with Crippen molar-refractivity contribution in [3.05, 3.63) is 52.1 Å². The second-order valence-corrected chi connectivity index (χ2v) is 9.78. The topological polar surface area (TPSA) is 97.7 Å². The van der Waals surface area contributed by atoms with E-state index >= 15 is 0 Å². The summed E-state index contributed by atoms with van der Waals surface area (Å²) in [4.78, 5) is 24.4. The maximum atomic E-state index is 12.5. The highest BCUT2D eigenvalue weighted by molar-refractivity contribution is 7.92. The number of hydrogen-bond donors (Lipinski definition) is 1. The van der Waals surface area contributed by atoms with Crippen molar-refractivity contribution in [2.45, 2.75) is 26.5 Å². The summed E-state index contributed by atoms with van der Waals surface area (Å²) in [6, 6.07) is 11.8. The van der Waals surface area contributed by atoms with Crippen LogP contribution in [0.3, 0.4) is 0 Å². The molecule has 1 aromatic heterocycles. The second kappa shape index (κ2) is 8.49. The van der Waals surface area contributed by atoms with Gasteiger partial charge in [0.15, 0.2) is 6.10 Å². The van der Waals surface area contributed by atoms with Crippen molar-refractivity contribution in [2.24, 2.45) is 0 Å². The van der Waals surface area contributed by atoms with Crippen LogP contribution in [0.25, 0.3) is 10.2 Å². The van der Waals surface area contributed by atoms with Gasteiger partial charge in [0.25, 0.3) is 5.91 Å². The Hall–Kier alpha value is -2.85. The molecule has 0 radical (unpaired) electrons. The van der Waals surface area contributed by atoms with Crippen LogP contribution in [0.5, 0.6) is 5.75 Å². The summed E-state index contributed by atoms with van der Waals surface area (Å²) >= 11 is 1.14. The van der Waals surface area contributed by atoms with Crippen molar-refractivity contribution in [2.75, 3.05) is 22.9 Å².